The molecule has 1 aliphatic carbocycles. The molecule has 5 rings (SSSR count). The van der Waals surface area contributed by atoms with E-state index >= 15 is 0 Å². The topological polar surface area (TPSA) is 53.4 Å². The summed E-state index contributed by atoms with van der Waals surface area (Å²) in [6.45, 7) is 0. The van der Waals surface area contributed by atoms with E-state index in [0.29, 0.717) is 16.3 Å². The van der Waals surface area contributed by atoms with Crippen LogP contribution < -0.4 is 0 Å². The van der Waals surface area contributed by atoms with Crippen molar-refractivity contribution in [2.75, 3.05) is 0 Å². The number of aromatic hydroxyl groups is 2. The molecule has 0 unspecified atom stereocenters. The molecule has 0 saturated heterocycles. The number of phenolic OH excluding ortho intramolecular Hbond substituents is 2. The molecule has 0 atom stereocenters. The average Bonchev–Trinajstić information content (AvgIpc) is 3.06. The molecule has 4 aromatic rings. The smallest absolute Gasteiger partial charge is 0.124 e. The maximum absolute atomic E-state index is 10.4. The Morgan fingerprint density at radius 3 is 2.29 bits per heavy atom. The first-order valence-electron chi connectivity index (χ1n) is 9.01. The zero-order valence-electron chi connectivity index (χ0n) is 14.9. The Balaban J connectivity index is 1.83. The van der Waals surface area contributed by atoms with Gasteiger partial charge in [0.1, 0.15) is 11.5 Å². The maximum Gasteiger partial charge on any atom is 0.124 e. The van der Waals surface area contributed by atoms with Crippen LogP contribution in [0, 0.1) is 0 Å². The standard InChI is InChI=1S/C24H16ClNO2/c25-21-7-3-1-5-16(21)19-13-22(17-6-2-4-8-23(17)28)26-24-18-12-15(27)10-9-14(18)11-20(19)24/h1-10,12-13,27-28H,11H2. The van der Waals surface area contributed by atoms with Crippen LogP contribution in [-0.4, -0.2) is 15.2 Å². The molecule has 0 radical (unpaired) electrons. The number of hydrogen-bond donors (Lipinski definition) is 2. The molecule has 3 aromatic carbocycles. The van der Waals surface area contributed by atoms with Crippen LogP contribution in [0.15, 0.2) is 72.8 Å². The van der Waals surface area contributed by atoms with Gasteiger partial charge < -0.3 is 10.2 Å². The molecule has 3 nitrogen and oxygen atoms in total. The van der Waals surface area contributed by atoms with E-state index < -0.39 is 0 Å². The molecule has 0 saturated carbocycles. The number of benzene rings is 3. The van der Waals surface area contributed by atoms with Crippen molar-refractivity contribution in [3.63, 3.8) is 0 Å². The number of fused-ring (bicyclic) bond motifs is 3. The largest absolute Gasteiger partial charge is 0.508 e. The van der Waals surface area contributed by atoms with Crippen molar-refractivity contribution >= 4 is 11.6 Å². The summed E-state index contributed by atoms with van der Waals surface area (Å²) >= 11 is 6.52. The monoisotopic (exact) mass is 385 g/mol. The van der Waals surface area contributed by atoms with Gasteiger partial charge in [-0.3, -0.25) is 0 Å². The lowest BCUT2D eigenvalue weighted by molar-refractivity contribution is 0.475. The van der Waals surface area contributed by atoms with Crippen molar-refractivity contribution in [3.05, 3.63) is 88.9 Å². The highest BCUT2D eigenvalue weighted by Crippen LogP contribution is 2.45. The molecular formula is C24H16ClNO2. The van der Waals surface area contributed by atoms with E-state index in [2.05, 4.69) is 0 Å². The SMILES string of the molecule is Oc1ccc2c(c1)-c1nc(-c3ccccc3O)cc(-c3ccccc3Cl)c1C2. The molecule has 136 valence electrons. The first-order chi connectivity index (χ1) is 13.6. The van der Waals surface area contributed by atoms with Crippen molar-refractivity contribution in [3.8, 4) is 45.1 Å². The summed E-state index contributed by atoms with van der Waals surface area (Å²) < 4.78 is 0. The second-order valence-electron chi connectivity index (χ2n) is 6.90. The molecule has 0 amide bonds. The summed E-state index contributed by atoms with van der Waals surface area (Å²) in [6, 6.07) is 22.3. The van der Waals surface area contributed by atoms with E-state index in [1.165, 1.54) is 0 Å². The van der Waals surface area contributed by atoms with E-state index in [-0.39, 0.29) is 11.5 Å². The molecular weight excluding hydrogens is 370 g/mol. The van der Waals surface area contributed by atoms with Gasteiger partial charge in [0.05, 0.1) is 11.4 Å². The maximum atomic E-state index is 10.4. The molecule has 4 heteroatoms. The third kappa shape index (κ3) is 2.63. The minimum Gasteiger partial charge on any atom is -0.508 e. The average molecular weight is 386 g/mol. The predicted molar refractivity (Wildman–Crippen MR) is 112 cm³/mol. The van der Waals surface area contributed by atoms with Gasteiger partial charge in [0.15, 0.2) is 0 Å². The molecule has 1 heterocycles. The molecule has 1 aromatic heterocycles. The third-order valence-corrected chi connectivity index (χ3v) is 5.51. The predicted octanol–water partition coefficient (Wildman–Crippen LogP) is 6.05. The van der Waals surface area contributed by atoms with Crippen molar-refractivity contribution in [2.24, 2.45) is 0 Å². The number of pyridine rings is 1. The molecule has 2 N–H and O–H groups in total. The summed E-state index contributed by atoms with van der Waals surface area (Å²) in [4.78, 5) is 4.87. The second-order valence-corrected chi connectivity index (χ2v) is 7.30. The van der Waals surface area contributed by atoms with E-state index in [1.807, 2.05) is 48.5 Å². The molecule has 0 fully saturated rings. The molecule has 0 bridgehead atoms. The van der Waals surface area contributed by atoms with E-state index in [0.717, 1.165) is 39.9 Å². The number of rotatable bonds is 2. The lowest BCUT2D eigenvalue weighted by Crippen LogP contribution is -1.95. The Kier molecular flexibility index (Phi) is 3.85. The minimum absolute atomic E-state index is 0.175. The minimum atomic E-state index is 0.175. The zero-order valence-corrected chi connectivity index (χ0v) is 15.6. The zero-order chi connectivity index (χ0) is 19.3. The molecule has 1 aliphatic rings. The molecule has 0 aliphatic heterocycles. The first-order valence-corrected chi connectivity index (χ1v) is 9.39. The van der Waals surface area contributed by atoms with Crippen molar-refractivity contribution in [1.29, 1.82) is 0 Å². The lowest BCUT2D eigenvalue weighted by atomic mass is 9.96. The summed E-state index contributed by atoms with van der Waals surface area (Å²) in [7, 11) is 0. The van der Waals surface area contributed by atoms with Gasteiger partial charge in [0.25, 0.3) is 0 Å². The third-order valence-electron chi connectivity index (χ3n) is 5.18. The van der Waals surface area contributed by atoms with E-state index in [4.69, 9.17) is 16.6 Å². The number of halogens is 1. The van der Waals surface area contributed by atoms with Crippen molar-refractivity contribution in [1.82, 2.24) is 4.98 Å². The first kappa shape index (κ1) is 16.8. The molecule has 28 heavy (non-hydrogen) atoms. The highest BCUT2D eigenvalue weighted by molar-refractivity contribution is 6.33. The van der Waals surface area contributed by atoms with Crippen LogP contribution >= 0.6 is 11.6 Å². The van der Waals surface area contributed by atoms with Crippen molar-refractivity contribution in [2.45, 2.75) is 6.42 Å². The normalized spacial score (nSPS) is 11.9. The summed E-state index contributed by atoms with van der Waals surface area (Å²) in [5.74, 6) is 0.384. The van der Waals surface area contributed by atoms with Crippen LogP contribution in [0.5, 0.6) is 11.5 Å². The van der Waals surface area contributed by atoms with Crippen molar-refractivity contribution < 1.29 is 10.2 Å². The number of nitrogens with zero attached hydrogens (tertiary/aromatic N) is 1. The highest BCUT2D eigenvalue weighted by Gasteiger charge is 2.26. The van der Waals surface area contributed by atoms with Crippen LogP contribution in [0.2, 0.25) is 5.02 Å². The number of phenols is 2. The fraction of sp³-hybridized carbons (Fsp3) is 0.0417. The van der Waals surface area contributed by atoms with Gasteiger partial charge in [-0.25, -0.2) is 4.98 Å². The van der Waals surface area contributed by atoms with Crippen LogP contribution in [0.3, 0.4) is 0 Å². The van der Waals surface area contributed by atoms with E-state index in [9.17, 15) is 10.2 Å². The van der Waals surface area contributed by atoms with E-state index in [1.54, 1.807) is 24.3 Å². The Bertz CT molecular complexity index is 1230. The summed E-state index contributed by atoms with van der Waals surface area (Å²) in [5, 5.41) is 21.0. The van der Waals surface area contributed by atoms with Gasteiger partial charge in [-0.15, -0.1) is 0 Å². The van der Waals surface area contributed by atoms with Gasteiger partial charge in [-0.1, -0.05) is 48.0 Å². The van der Waals surface area contributed by atoms with Crippen LogP contribution in [0.25, 0.3) is 33.6 Å². The van der Waals surface area contributed by atoms with Gasteiger partial charge >= 0.3 is 0 Å². The summed E-state index contributed by atoms with van der Waals surface area (Å²) in [5.41, 5.74) is 7.18. The Morgan fingerprint density at radius 1 is 0.750 bits per heavy atom. The fourth-order valence-electron chi connectivity index (χ4n) is 3.85. The van der Waals surface area contributed by atoms with Gasteiger partial charge in [-0.2, -0.15) is 0 Å². The Morgan fingerprint density at radius 2 is 1.50 bits per heavy atom. The quantitative estimate of drug-likeness (QED) is 0.389. The van der Waals surface area contributed by atoms with Crippen LogP contribution in [0.4, 0.5) is 0 Å². The highest BCUT2D eigenvalue weighted by atomic mass is 35.5. The summed E-state index contributed by atoms with van der Waals surface area (Å²) in [6.07, 6.45) is 0.722. The number of hydrogen-bond acceptors (Lipinski definition) is 3. The van der Waals surface area contributed by atoms with Crippen LogP contribution in [0.1, 0.15) is 11.1 Å². The fourth-order valence-corrected chi connectivity index (χ4v) is 4.09. The lowest BCUT2D eigenvalue weighted by Gasteiger charge is -2.14. The van der Waals surface area contributed by atoms with Gasteiger partial charge in [0.2, 0.25) is 0 Å². The Hall–Kier alpha value is -3.30. The van der Waals surface area contributed by atoms with Gasteiger partial charge in [0, 0.05) is 28.1 Å². The second kappa shape index (κ2) is 6.39. The number of para-hydroxylation sites is 1. The van der Waals surface area contributed by atoms with Gasteiger partial charge in [-0.05, 0) is 53.1 Å². The van der Waals surface area contributed by atoms with Crippen LogP contribution in [-0.2, 0) is 6.42 Å². The number of aromatic nitrogens is 1. The molecule has 0 spiro atoms. The Labute approximate surface area is 167 Å².